The number of ketones is 1. The van der Waals surface area contributed by atoms with E-state index in [-0.39, 0.29) is 5.78 Å². The highest BCUT2D eigenvalue weighted by Crippen LogP contribution is 2.17. The first-order valence-electron chi connectivity index (χ1n) is 3.95. The molecule has 0 aliphatic carbocycles. The maximum absolute atomic E-state index is 11.1. The molecule has 70 valence electrons. The zero-order chi connectivity index (χ0) is 10.2. The summed E-state index contributed by atoms with van der Waals surface area (Å²) >= 11 is 0. The van der Waals surface area contributed by atoms with E-state index in [1.54, 1.807) is 13.8 Å². The number of nitrogens with two attached hydrogens (primary N) is 1. The number of H-pyrrole nitrogens is 1. The first-order chi connectivity index (χ1) is 5.95. The van der Waals surface area contributed by atoms with E-state index in [9.17, 15) is 9.59 Å². The lowest BCUT2D eigenvalue weighted by atomic mass is 10.1. The summed E-state index contributed by atoms with van der Waals surface area (Å²) in [6.07, 6.45) is 0. The number of Topliss-reactive ketones (excluding diaryl/α,β-unsaturated/α-hetero) is 1. The van der Waals surface area contributed by atoms with Gasteiger partial charge in [-0.25, -0.2) is 0 Å². The smallest absolute Gasteiger partial charge is 0.250 e. The zero-order valence-electron chi connectivity index (χ0n) is 7.89. The van der Waals surface area contributed by atoms with Crippen LogP contribution in [0.15, 0.2) is 0 Å². The molecule has 0 aliphatic heterocycles. The number of primary amides is 1. The molecule has 1 amide bonds. The van der Waals surface area contributed by atoms with Crippen LogP contribution in [0.25, 0.3) is 0 Å². The highest BCUT2D eigenvalue weighted by Gasteiger charge is 2.17. The van der Waals surface area contributed by atoms with Gasteiger partial charge in [-0.15, -0.1) is 0 Å². The monoisotopic (exact) mass is 180 g/mol. The zero-order valence-corrected chi connectivity index (χ0v) is 7.89. The van der Waals surface area contributed by atoms with Crippen LogP contribution in [-0.4, -0.2) is 16.7 Å². The van der Waals surface area contributed by atoms with Crippen LogP contribution in [0.5, 0.6) is 0 Å². The second-order valence-corrected chi connectivity index (χ2v) is 3.05. The summed E-state index contributed by atoms with van der Waals surface area (Å²) in [5, 5.41) is 0. The number of hydrogen-bond donors (Lipinski definition) is 2. The predicted octanol–water partition coefficient (Wildman–Crippen LogP) is 0.933. The van der Waals surface area contributed by atoms with E-state index < -0.39 is 5.91 Å². The second kappa shape index (κ2) is 3.05. The Labute approximate surface area is 76.1 Å². The molecule has 0 aliphatic rings. The lowest BCUT2D eigenvalue weighted by Crippen LogP contribution is -2.12. The van der Waals surface area contributed by atoms with Crippen LogP contribution in [0.1, 0.15) is 39.0 Å². The van der Waals surface area contributed by atoms with E-state index in [0.717, 1.165) is 0 Å². The average Bonchev–Trinajstić information content (AvgIpc) is 2.26. The molecule has 0 saturated heterocycles. The van der Waals surface area contributed by atoms with Crippen molar-refractivity contribution in [3.63, 3.8) is 0 Å². The van der Waals surface area contributed by atoms with Gasteiger partial charge in [0.15, 0.2) is 5.78 Å². The minimum absolute atomic E-state index is 0.0897. The molecule has 0 saturated carbocycles. The molecule has 0 bridgehead atoms. The first kappa shape index (κ1) is 9.51. The van der Waals surface area contributed by atoms with Gasteiger partial charge in [0.1, 0.15) is 0 Å². The van der Waals surface area contributed by atoms with Gasteiger partial charge >= 0.3 is 0 Å². The van der Waals surface area contributed by atoms with Crippen LogP contribution >= 0.6 is 0 Å². The molecular formula is C9H12N2O2. The maximum atomic E-state index is 11.1. The van der Waals surface area contributed by atoms with Gasteiger partial charge in [0.05, 0.1) is 11.3 Å². The van der Waals surface area contributed by atoms with Gasteiger partial charge < -0.3 is 10.7 Å². The molecule has 0 spiro atoms. The van der Waals surface area contributed by atoms with E-state index in [1.807, 2.05) is 0 Å². The molecule has 0 fully saturated rings. The third kappa shape index (κ3) is 1.47. The van der Waals surface area contributed by atoms with Crippen LogP contribution in [0, 0.1) is 13.8 Å². The Morgan fingerprint density at radius 2 is 1.85 bits per heavy atom. The number of carbonyl (C=O) groups excluding carboxylic acids is 2. The molecule has 0 atom stereocenters. The molecule has 4 heteroatoms. The van der Waals surface area contributed by atoms with Gasteiger partial charge in [0.2, 0.25) is 0 Å². The fraction of sp³-hybridized carbons (Fsp3) is 0.333. The molecule has 1 rings (SSSR count). The second-order valence-electron chi connectivity index (χ2n) is 3.05. The molecule has 1 aromatic heterocycles. The van der Waals surface area contributed by atoms with Crippen molar-refractivity contribution in [3.05, 3.63) is 22.5 Å². The number of nitrogens with one attached hydrogen (secondary N) is 1. The molecule has 1 heterocycles. The minimum atomic E-state index is -0.501. The molecular weight excluding hydrogens is 168 g/mol. The molecule has 0 radical (unpaired) electrons. The van der Waals surface area contributed by atoms with Crippen LogP contribution in [0.2, 0.25) is 0 Å². The SMILES string of the molecule is CC(=O)c1[nH]c(C)c(C(N)=O)c1C. The van der Waals surface area contributed by atoms with E-state index in [0.29, 0.717) is 22.5 Å². The largest absolute Gasteiger partial charge is 0.366 e. The molecule has 3 N–H and O–H groups in total. The number of amides is 1. The minimum Gasteiger partial charge on any atom is -0.366 e. The van der Waals surface area contributed by atoms with Gasteiger partial charge in [-0.05, 0) is 19.4 Å². The van der Waals surface area contributed by atoms with Crippen LogP contribution in [0.3, 0.4) is 0 Å². The summed E-state index contributed by atoms with van der Waals surface area (Å²) in [6.45, 7) is 4.88. The third-order valence-electron chi connectivity index (χ3n) is 2.04. The molecule has 0 unspecified atom stereocenters. The third-order valence-corrected chi connectivity index (χ3v) is 2.04. The van der Waals surface area contributed by atoms with E-state index >= 15 is 0 Å². The quantitative estimate of drug-likeness (QED) is 0.664. The van der Waals surface area contributed by atoms with Crippen molar-refractivity contribution in [2.24, 2.45) is 5.73 Å². The summed E-state index contributed by atoms with van der Waals surface area (Å²) in [5.74, 6) is -0.591. The number of aromatic nitrogens is 1. The van der Waals surface area contributed by atoms with Gasteiger partial charge in [-0.3, -0.25) is 9.59 Å². The van der Waals surface area contributed by atoms with E-state index in [1.165, 1.54) is 6.92 Å². The maximum Gasteiger partial charge on any atom is 0.250 e. The topological polar surface area (TPSA) is 75.9 Å². The lowest BCUT2D eigenvalue weighted by Gasteiger charge is -1.94. The summed E-state index contributed by atoms with van der Waals surface area (Å²) in [7, 11) is 0. The first-order valence-corrected chi connectivity index (χ1v) is 3.95. The lowest BCUT2D eigenvalue weighted by molar-refractivity contribution is 0.0997. The molecule has 0 aromatic carbocycles. The van der Waals surface area contributed by atoms with Crippen molar-refractivity contribution in [1.29, 1.82) is 0 Å². The fourth-order valence-corrected chi connectivity index (χ4v) is 1.47. The van der Waals surface area contributed by atoms with Gasteiger partial charge in [0.25, 0.3) is 5.91 Å². The van der Waals surface area contributed by atoms with Crippen LogP contribution in [0.4, 0.5) is 0 Å². The Bertz CT molecular complexity index is 377. The van der Waals surface area contributed by atoms with E-state index in [2.05, 4.69) is 4.98 Å². The van der Waals surface area contributed by atoms with Crippen molar-refractivity contribution >= 4 is 11.7 Å². The number of hydrogen-bond acceptors (Lipinski definition) is 2. The van der Waals surface area contributed by atoms with Crippen molar-refractivity contribution in [1.82, 2.24) is 4.98 Å². The van der Waals surface area contributed by atoms with Crippen molar-refractivity contribution in [2.45, 2.75) is 20.8 Å². The Kier molecular flexibility index (Phi) is 2.23. The van der Waals surface area contributed by atoms with Crippen molar-refractivity contribution in [2.75, 3.05) is 0 Å². The number of aromatic amines is 1. The molecule has 1 aromatic rings. The van der Waals surface area contributed by atoms with Crippen LogP contribution in [-0.2, 0) is 0 Å². The number of rotatable bonds is 2. The van der Waals surface area contributed by atoms with Crippen molar-refractivity contribution in [3.8, 4) is 0 Å². The van der Waals surface area contributed by atoms with Gasteiger partial charge in [-0.1, -0.05) is 0 Å². The summed E-state index contributed by atoms with van der Waals surface area (Å²) in [5.41, 5.74) is 7.33. The van der Waals surface area contributed by atoms with Crippen LogP contribution < -0.4 is 5.73 Å². The normalized spacial score (nSPS) is 10.1. The number of aryl methyl sites for hydroxylation is 1. The van der Waals surface area contributed by atoms with Crippen molar-refractivity contribution < 1.29 is 9.59 Å². The number of carbonyl (C=O) groups is 2. The average molecular weight is 180 g/mol. The molecule has 4 nitrogen and oxygen atoms in total. The summed E-state index contributed by atoms with van der Waals surface area (Å²) in [4.78, 5) is 24.9. The van der Waals surface area contributed by atoms with E-state index in [4.69, 9.17) is 5.73 Å². The summed E-state index contributed by atoms with van der Waals surface area (Å²) < 4.78 is 0. The Hall–Kier alpha value is -1.58. The molecule has 13 heavy (non-hydrogen) atoms. The van der Waals surface area contributed by atoms with Gasteiger partial charge in [-0.2, -0.15) is 0 Å². The predicted molar refractivity (Wildman–Crippen MR) is 48.8 cm³/mol. The Morgan fingerprint density at radius 3 is 2.08 bits per heavy atom. The highest BCUT2D eigenvalue weighted by atomic mass is 16.1. The van der Waals surface area contributed by atoms with Gasteiger partial charge in [0, 0.05) is 12.6 Å². The standard InChI is InChI=1S/C9H12N2O2/c1-4-7(9(10)13)5(2)11-8(4)6(3)12/h11H,1-3H3,(H2,10,13). The Balaban J connectivity index is 3.39. The Morgan fingerprint density at radius 1 is 1.31 bits per heavy atom. The summed E-state index contributed by atoms with van der Waals surface area (Å²) in [6, 6.07) is 0. The highest BCUT2D eigenvalue weighted by molar-refractivity contribution is 6.01. The fourth-order valence-electron chi connectivity index (χ4n) is 1.47.